The lowest BCUT2D eigenvalue weighted by atomic mass is 10.2. The predicted octanol–water partition coefficient (Wildman–Crippen LogP) is 3.08. The maximum atomic E-state index is 5.84. The van der Waals surface area contributed by atoms with Gasteiger partial charge in [-0.15, -0.1) is 0 Å². The van der Waals surface area contributed by atoms with Gasteiger partial charge in [-0.2, -0.15) is 0 Å². The zero-order valence-corrected chi connectivity index (χ0v) is 10.3. The zero-order chi connectivity index (χ0) is 13.0. The van der Waals surface area contributed by atoms with Crippen molar-refractivity contribution in [1.82, 2.24) is 0 Å². The highest BCUT2D eigenvalue weighted by molar-refractivity contribution is 5.57. The van der Waals surface area contributed by atoms with E-state index in [1.54, 1.807) is 32.4 Å². The van der Waals surface area contributed by atoms with Crippen LogP contribution < -0.4 is 19.9 Å². The highest BCUT2D eigenvalue weighted by atomic mass is 16.5. The molecular weight excluding hydrogens is 230 g/mol. The molecule has 0 aliphatic carbocycles. The largest absolute Gasteiger partial charge is 0.497 e. The molecule has 94 valence electrons. The van der Waals surface area contributed by atoms with Gasteiger partial charge in [0.15, 0.2) is 5.75 Å². The SMILES string of the molecule is COc1ccc(Oc2cc(OC)ccc2N)cc1. The van der Waals surface area contributed by atoms with Gasteiger partial charge in [-0.3, -0.25) is 0 Å². The fraction of sp³-hybridized carbons (Fsp3) is 0.143. The van der Waals surface area contributed by atoms with E-state index in [1.165, 1.54) is 0 Å². The molecule has 0 heterocycles. The average molecular weight is 245 g/mol. The van der Waals surface area contributed by atoms with Crippen LogP contribution in [0.5, 0.6) is 23.0 Å². The summed E-state index contributed by atoms with van der Waals surface area (Å²) in [7, 11) is 3.22. The second-order valence-electron chi connectivity index (χ2n) is 3.68. The maximum absolute atomic E-state index is 5.84. The van der Waals surface area contributed by atoms with Crippen molar-refractivity contribution < 1.29 is 14.2 Å². The molecule has 0 saturated carbocycles. The van der Waals surface area contributed by atoms with Crippen molar-refractivity contribution in [2.45, 2.75) is 0 Å². The van der Waals surface area contributed by atoms with Gasteiger partial charge in [0.1, 0.15) is 17.2 Å². The molecule has 0 fully saturated rings. The van der Waals surface area contributed by atoms with Crippen molar-refractivity contribution in [1.29, 1.82) is 0 Å². The number of anilines is 1. The van der Waals surface area contributed by atoms with Gasteiger partial charge in [0.25, 0.3) is 0 Å². The van der Waals surface area contributed by atoms with Crippen molar-refractivity contribution >= 4 is 5.69 Å². The number of ether oxygens (including phenoxy) is 3. The van der Waals surface area contributed by atoms with Gasteiger partial charge < -0.3 is 19.9 Å². The highest BCUT2D eigenvalue weighted by Crippen LogP contribution is 2.31. The van der Waals surface area contributed by atoms with Crippen LogP contribution in [0.25, 0.3) is 0 Å². The minimum atomic E-state index is 0.562. The fourth-order valence-corrected chi connectivity index (χ4v) is 1.50. The smallest absolute Gasteiger partial charge is 0.153 e. The minimum Gasteiger partial charge on any atom is -0.497 e. The van der Waals surface area contributed by atoms with Crippen LogP contribution >= 0.6 is 0 Å². The van der Waals surface area contributed by atoms with E-state index in [4.69, 9.17) is 19.9 Å². The quantitative estimate of drug-likeness (QED) is 0.841. The molecule has 0 spiro atoms. The van der Waals surface area contributed by atoms with Crippen molar-refractivity contribution in [2.24, 2.45) is 0 Å². The lowest BCUT2D eigenvalue weighted by molar-refractivity contribution is 0.407. The summed E-state index contributed by atoms with van der Waals surface area (Å²) < 4.78 is 15.9. The summed E-state index contributed by atoms with van der Waals surface area (Å²) in [6, 6.07) is 12.6. The van der Waals surface area contributed by atoms with E-state index in [-0.39, 0.29) is 0 Å². The van der Waals surface area contributed by atoms with E-state index in [0.29, 0.717) is 22.9 Å². The van der Waals surface area contributed by atoms with Crippen LogP contribution in [-0.2, 0) is 0 Å². The Balaban J connectivity index is 2.21. The van der Waals surface area contributed by atoms with Crippen LogP contribution in [0.2, 0.25) is 0 Å². The molecule has 18 heavy (non-hydrogen) atoms. The summed E-state index contributed by atoms with van der Waals surface area (Å²) in [4.78, 5) is 0. The molecule has 0 aromatic heterocycles. The van der Waals surface area contributed by atoms with Gasteiger partial charge in [-0.05, 0) is 36.4 Å². The van der Waals surface area contributed by atoms with Crippen molar-refractivity contribution in [3.8, 4) is 23.0 Å². The molecule has 0 saturated heterocycles. The van der Waals surface area contributed by atoms with Gasteiger partial charge in [0.05, 0.1) is 19.9 Å². The Morgan fingerprint density at radius 1 is 0.778 bits per heavy atom. The number of hydrogen-bond donors (Lipinski definition) is 1. The van der Waals surface area contributed by atoms with E-state index >= 15 is 0 Å². The van der Waals surface area contributed by atoms with Gasteiger partial charge in [-0.1, -0.05) is 0 Å². The topological polar surface area (TPSA) is 53.7 Å². The Morgan fingerprint density at radius 2 is 1.33 bits per heavy atom. The van der Waals surface area contributed by atoms with E-state index in [9.17, 15) is 0 Å². The normalized spacial score (nSPS) is 9.89. The first kappa shape index (κ1) is 12.1. The number of methoxy groups -OCH3 is 2. The van der Waals surface area contributed by atoms with Crippen molar-refractivity contribution in [2.75, 3.05) is 20.0 Å². The summed E-state index contributed by atoms with van der Waals surface area (Å²) in [6.45, 7) is 0. The summed E-state index contributed by atoms with van der Waals surface area (Å²) in [5.74, 6) is 2.74. The summed E-state index contributed by atoms with van der Waals surface area (Å²) >= 11 is 0. The number of rotatable bonds is 4. The molecule has 0 amide bonds. The first-order valence-electron chi connectivity index (χ1n) is 5.48. The molecule has 4 heteroatoms. The standard InChI is InChI=1S/C14H15NO3/c1-16-10-3-5-11(6-4-10)18-14-9-12(17-2)7-8-13(14)15/h3-9H,15H2,1-2H3. The molecule has 0 aliphatic rings. The van der Waals surface area contributed by atoms with Crippen LogP contribution in [0, 0.1) is 0 Å². The minimum absolute atomic E-state index is 0.562. The number of hydrogen-bond acceptors (Lipinski definition) is 4. The van der Waals surface area contributed by atoms with Gasteiger partial charge in [0, 0.05) is 6.07 Å². The van der Waals surface area contributed by atoms with E-state index < -0.39 is 0 Å². The van der Waals surface area contributed by atoms with Crippen LogP contribution in [-0.4, -0.2) is 14.2 Å². The van der Waals surface area contributed by atoms with Crippen molar-refractivity contribution in [3.05, 3.63) is 42.5 Å². The molecule has 0 unspecified atom stereocenters. The number of nitrogen functional groups attached to an aromatic ring is 1. The third kappa shape index (κ3) is 2.66. The van der Waals surface area contributed by atoms with E-state index in [2.05, 4.69) is 0 Å². The summed E-state index contributed by atoms with van der Waals surface area (Å²) in [5.41, 5.74) is 6.40. The first-order chi connectivity index (χ1) is 8.72. The monoisotopic (exact) mass is 245 g/mol. The Labute approximate surface area is 106 Å². The predicted molar refractivity (Wildman–Crippen MR) is 70.5 cm³/mol. The van der Waals surface area contributed by atoms with Crippen LogP contribution in [0.4, 0.5) is 5.69 Å². The van der Waals surface area contributed by atoms with Crippen LogP contribution in [0.1, 0.15) is 0 Å². The third-order valence-electron chi connectivity index (χ3n) is 2.51. The molecule has 2 aromatic rings. The zero-order valence-electron chi connectivity index (χ0n) is 10.3. The molecule has 0 atom stereocenters. The maximum Gasteiger partial charge on any atom is 0.153 e. The summed E-state index contributed by atoms with van der Waals surface area (Å²) in [5, 5.41) is 0. The molecular formula is C14H15NO3. The first-order valence-corrected chi connectivity index (χ1v) is 5.48. The fourth-order valence-electron chi connectivity index (χ4n) is 1.50. The van der Waals surface area contributed by atoms with Gasteiger partial charge in [-0.25, -0.2) is 0 Å². The van der Waals surface area contributed by atoms with Crippen LogP contribution in [0.15, 0.2) is 42.5 Å². The van der Waals surface area contributed by atoms with E-state index in [0.717, 1.165) is 5.75 Å². The third-order valence-corrected chi connectivity index (χ3v) is 2.51. The molecule has 2 rings (SSSR count). The van der Waals surface area contributed by atoms with Gasteiger partial charge in [0.2, 0.25) is 0 Å². The Morgan fingerprint density at radius 3 is 1.94 bits per heavy atom. The molecule has 4 nitrogen and oxygen atoms in total. The van der Waals surface area contributed by atoms with Gasteiger partial charge >= 0.3 is 0 Å². The molecule has 0 radical (unpaired) electrons. The molecule has 2 aromatic carbocycles. The summed E-state index contributed by atoms with van der Waals surface area (Å²) in [6.07, 6.45) is 0. The molecule has 0 aliphatic heterocycles. The Hall–Kier alpha value is -2.36. The second-order valence-corrected chi connectivity index (χ2v) is 3.68. The number of nitrogens with two attached hydrogens (primary N) is 1. The highest BCUT2D eigenvalue weighted by Gasteiger charge is 2.04. The number of benzene rings is 2. The lowest BCUT2D eigenvalue weighted by Gasteiger charge is -2.10. The van der Waals surface area contributed by atoms with E-state index in [1.807, 2.05) is 24.3 Å². The second kappa shape index (κ2) is 5.31. The lowest BCUT2D eigenvalue weighted by Crippen LogP contribution is -1.93. The van der Waals surface area contributed by atoms with Crippen LogP contribution in [0.3, 0.4) is 0 Å². The molecule has 2 N–H and O–H groups in total. The molecule has 0 bridgehead atoms. The average Bonchev–Trinajstić information content (AvgIpc) is 2.42. The Bertz CT molecular complexity index is 523. The Kier molecular flexibility index (Phi) is 3.57. The van der Waals surface area contributed by atoms with Crippen molar-refractivity contribution in [3.63, 3.8) is 0 Å².